The molecule has 0 heterocycles. The predicted octanol–water partition coefficient (Wildman–Crippen LogP) is -3.03. The van der Waals surface area contributed by atoms with Gasteiger partial charge in [0.2, 0.25) is 0 Å². The molecule has 0 fully saturated rings. The topological polar surface area (TPSA) is 138 Å². The van der Waals surface area contributed by atoms with Gasteiger partial charge < -0.3 is 15.4 Å². The fourth-order valence-electron chi connectivity index (χ4n) is 2.35. The Kier molecular flexibility index (Phi) is 7.92. The van der Waals surface area contributed by atoms with Gasteiger partial charge in [0, 0.05) is 12.7 Å². The molecule has 0 bridgehead atoms. The van der Waals surface area contributed by atoms with Crippen LogP contribution < -0.4 is 35.3 Å². The minimum absolute atomic E-state index is 0. The van der Waals surface area contributed by atoms with Gasteiger partial charge in [-0.05, 0) is 12.0 Å². The second-order valence-corrected chi connectivity index (χ2v) is 9.17. The van der Waals surface area contributed by atoms with Crippen LogP contribution in [0.3, 0.4) is 0 Å². The van der Waals surface area contributed by atoms with E-state index in [9.17, 15) is 26.5 Å². The fraction of sp³-hybridized carbons (Fsp3) is 0.538. The van der Waals surface area contributed by atoms with Crippen LogP contribution in [0.2, 0.25) is 0 Å². The van der Waals surface area contributed by atoms with Gasteiger partial charge in [-0.3, -0.25) is 0 Å². The van der Waals surface area contributed by atoms with Gasteiger partial charge in [-0.1, -0.05) is 43.7 Å². The molecule has 1 aromatic carbocycles. The van der Waals surface area contributed by atoms with Gasteiger partial charge in [-0.15, -0.1) is 0 Å². The molecule has 0 aromatic heterocycles. The number of sulfone groups is 1. The second kappa shape index (κ2) is 7.92. The van der Waals surface area contributed by atoms with Gasteiger partial charge >= 0.3 is 29.6 Å². The summed E-state index contributed by atoms with van der Waals surface area (Å²) in [6.07, 6.45) is -0.289. The molecule has 1 aromatic rings. The van der Waals surface area contributed by atoms with E-state index in [0.29, 0.717) is 11.8 Å². The maximum Gasteiger partial charge on any atom is 1.00 e. The van der Waals surface area contributed by atoms with Crippen LogP contribution in [0.4, 0.5) is 0 Å². The molecule has 1 rings (SSSR count). The molecule has 0 saturated carbocycles. The summed E-state index contributed by atoms with van der Waals surface area (Å²) in [6, 6.07) is 7.99. The van der Waals surface area contributed by atoms with Crippen molar-refractivity contribution in [1.82, 2.24) is 0 Å². The molecule has 0 spiro atoms. The normalized spacial score (nSPS) is 17.6. The molecule has 0 radical (unpaired) electrons. The van der Waals surface area contributed by atoms with E-state index in [-0.39, 0.29) is 36.0 Å². The third-order valence-corrected chi connectivity index (χ3v) is 6.97. The van der Waals surface area contributed by atoms with Crippen LogP contribution >= 0.6 is 0 Å². The van der Waals surface area contributed by atoms with Crippen LogP contribution in [-0.2, 0) is 26.4 Å². The summed E-state index contributed by atoms with van der Waals surface area (Å²) in [7, 11) is -9.66. The third-order valence-electron chi connectivity index (χ3n) is 3.63. The first-order valence-corrected chi connectivity index (χ1v) is 9.89. The molecule has 0 aliphatic carbocycles. The molecular formula is C13H20NNaO6S2. The van der Waals surface area contributed by atoms with E-state index < -0.39 is 42.6 Å². The number of nitrogens with two attached hydrogens (primary N) is 1. The Morgan fingerprint density at radius 2 is 1.65 bits per heavy atom. The van der Waals surface area contributed by atoms with Crippen molar-refractivity contribution in [3.05, 3.63) is 35.9 Å². The van der Waals surface area contributed by atoms with Crippen LogP contribution in [0.15, 0.2) is 30.3 Å². The zero-order valence-electron chi connectivity index (χ0n) is 13.4. The van der Waals surface area contributed by atoms with Crippen LogP contribution in [0.1, 0.15) is 25.3 Å². The van der Waals surface area contributed by atoms with Gasteiger partial charge in [-0.2, -0.15) is 0 Å². The predicted molar refractivity (Wildman–Crippen MR) is 81.5 cm³/mol. The number of rotatable bonds is 7. The Morgan fingerprint density at radius 3 is 2.00 bits per heavy atom. The summed E-state index contributed by atoms with van der Waals surface area (Å²) in [5.41, 5.74) is 6.24. The standard InChI is InChI=1S/C13H21NO6S2.Na/c1-3-9-13(15,22(18,19)20)12(14,21(2,16)17)10-11-7-5-4-6-8-11;/h4-8,15H,3,9-10,14H2,1-2H3,(H,18,19,20);/q;+1/p-1. The van der Waals surface area contributed by atoms with E-state index in [0.717, 1.165) is 0 Å². The quantitative estimate of drug-likeness (QED) is 0.383. The molecule has 2 unspecified atom stereocenters. The van der Waals surface area contributed by atoms with Crippen LogP contribution in [0, 0.1) is 0 Å². The molecule has 0 amide bonds. The number of benzene rings is 1. The van der Waals surface area contributed by atoms with Gasteiger partial charge in [0.25, 0.3) is 0 Å². The van der Waals surface area contributed by atoms with Crippen molar-refractivity contribution < 1.29 is 56.1 Å². The Morgan fingerprint density at radius 1 is 1.17 bits per heavy atom. The maximum absolute atomic E-state index is 12.1. The minimum Gasteiger partial charge on any atom is -0.746 e. The van der Waals surface area contributed by atoms with E-state index >= 15 is 0 Å². The third kappa shape index (κ3) is 4.55. The van der Waals surface area contributed by atoms with E-state index in [2.05, 4.69) is 0 Å². The summed E-state index contributed by atoms with van der Waals surface area (Å²) in [5.74, 6) is 0. The summed E-state index contributed by atoms with van der Waals surface area (Å²) in [4.78, 5) is -5.75. The molecular weight excluding hydrogens is 353 g/mol. The van der Waals surface area contributed by atoms with Crippen molar-refractivity contribution in [3.8, 4) is 0 Å². The monoisotopic (exact) mass is 373 g/mol. The van der Waals surface area contributed by atoms with Crippen molar-refractivity contribution in [3.63, 3.8) is 0 Å². The average Bonchev–Trinajstić information content (AvgIpc) is 2.37. The zero-order valence-corrected chi connectivity index (χ0v) is 17.0. The Hall–Kier alpha value is -0.000000000000000222. The van der Waals surface area contributed by atoms with E-state index in [4.69, 9.17) is 5.73 Å². The molecule has 2 atom stereocenters. The van der Waals surface area contributed by atoms with Crippen molar-refractivity contribution in [1.29, 1.82) is 0 Å². The fourth-order valence-corrected chi connectivity index (χ4v) is 5.17. The molecule has 23 heavy (non-hydrogen) atoms. The van der Waals surface area contributed by atoms with Gasteiger partial charge in [0.1, 0.15) is 10.1 Å². The van der Waals surface area contributed by atoms with Gasteiger partial charge in [0.15, 0.2) is 19.6 Å². The number of aliphatic hydroxyl groups is 1. The Balaban J connectivity index is 0.00000484. The van der Waals surface area contributed by atoms with E-state index in [1.54, 1.807) is 18.2 Å². The van der Waals surface area contributed by atoms with Crippen LogP contribution in [0.25, 0.3) is 0 Å². The van der Waals surface area contributed by atoms with Gasteiger partial charge in [-0.25, -0.2) is 16.8 Å². The number of hydrogen-bond acceptors (Lipinski definition) is 7. The van der Waals surface area contributed by atoms with Crippen LogP contribution in [0.5, 0.6) is 0 Å². The van der Waals surface area contributed by atoms with Crippen LogP contribution in [-0.4, -0.2) is 42.6 Å². The summed E-state index contributed by atoms with van der Waals surface area (Å²) < 4.78 is 59.0. The van der Waals surface area contributed by atoms with Crippen molar-refractivity contribution in [2.75, 3.05) is 6.26 Å². The Labute approximate surface area is 159 Å². The second-order valence-electron chi connectivity index (χ2n) is 5.31. The van der Waals surface area contributed by atoms with E-state index in [1.165, 1.54) is 19.1 Å². The van der Waals surface area contributed by atoms with Crippen molar-refractivity contribution in [2.24, 2.45) is 5.73 Å². The van der Waals surface area contributed by atoms with Gasteiger partial charge in [0.05, 0.1) is 0 Å². The maximum atomic E-state index is 12.1. The van der Waals surface area contributed by atoms with E-state index in [1.807, 2.05) is 0 Å². The molecule has 0 saturated heterocycles. The number of hydrogen-bond donors (Lipinski definition) is 2. The first-order chi connectivity index (χ1) is 9.89. The summed E-state index contributed by atoms with van der Waals surface area (Å²) in [5, 5.41) is 10.5. The molecule has 0 aliphatic rings. The molecule has 7 nitrogen and oxygen atoms in total. The molecule has 0 aliphatic heterocycles. The average molecular weight is 373 g/mol. The zero-order chi connectivity index (χ0) is 17.2. The molecule has 126 valence electrons. The van der Waals surface area contributed by atoms with Crippen molar-refractivity contribution in [2.45, 2.75) is 36.0 Å². The first kappa shape index (κ1) is 23.0. The Bertz CT molecular complexity index is 722. The smallest absolute Gasteiger partial charge is 0.746 e. The SMILES string of the molecule is CCCC(O)(C(N)(Cc1ccccc1)S(C)(=O)=O)S(=O)(=O)[O-].[Na+]. The molecule has 3 N–H and O–H groups in total. The molecule has 10 heteroatoms. The minimum atomic E-state index is -5.39. The first-order valence-electron chi connectivity index (χ1n) is 6.59. The van der Waals surface area contributed by atoms with Crippen molar-refractivity contribution >= 4 is 20.0 Å². The summed E-state index contributed by atoms with van der Waals surface area (Å²) >= 11 is 0. The largest absolute Gasteiger partial charge is 1.00 e. The summed E-state index contributed by atoms with van der Waals surface area (Å²) in [6.45, 7) is 1.52.